The number of hydrogen-bond acceptors (Lipinski definition) is 4. The summed E-state index contributed by atoms with van der Waals surface area (Å²) < 4.78 is 4.90. The molecule has 0 spiro atoms. The summed E-state index contributed by atoms with van der Waals surface area (Å²) in [5.41, 5.74) is 0. The van der Waals surface area contributed by atoms with Gasteiger partial charge in [0.25, 0.3) is 0 Å². The fourth-order valence-electron chi connectivity index (χ4n) is 2.50. The standard InChI is InChI=1S/C8H7BrO3S/c9-8-4-2-1-3(12-4)5(8)6(10)13-7(8)11/h3-5H,1-2H2/t3-,4+,5+,8-/m0/s1. The van der Waals surface area contributed by atoms with E-state index in [0.717, 1.165) is 24.6 Å². The van der Waals surface area contributed by atoms with Gasteiger partial charge in [-0.1, -0.05) is 15.9 Å². The molecule has 3 nitrogen and oxygen atoms in total. The molecule has 70 valence electrons. The van der Waals surface area contributed by atoms with Crippen molar-refractivity contribution in [1.29, 1.82) is 0 Å². The zero-order chi connectivity index (χ0) is 9.22. The maximum atomic E-state index is 11.6. The van der Waals surface area contributed by atoms with Crippen molar-refractivity contribution >= 4 is 37.9 Å². The number of carbonyl (C=O) groups is 2. The summed E-state index contributed by atoms with van der Waals surface area (Å²) in [6.45, 7) is 0. The lowest BCUT2D eigenvalue weighted by Crippen LogP contribution is -2.44. The van der Waals surface area contributed by atoms with E-state index in [1.807, 2.05) is 0 Å². The summed E-state index contributed by atoms with van der Waals surface area (Å²) in [6.07, 6.45) is 1.72. The molecule has 0 aliphatic carbocycles. The van der Waals surface area contributed by atoms with Gasteiger partial charge in [0.05, 0.1) is 18.1 Å². The van der Waals surface area contributed by atoms with Crippen LogP contribution in [-0.2, 0) is 14.3 Å². The molecule has 3 fully saturated rings. The lowest BCUT2D eigenvalue weighted by atomic mass is 9.81. The Bertz CT molecular complexity index is 319. The van der Waals surface area contributed by atoms with E-state index in [9.17, 15) is 9.59 Å². The Labute approximate surface area is 87.7 Å². The molecular weight excluding hydrogens is 256 g/mol. The average Bonchev–Trinajstić information content (AvgIpc) is 2.66. The molecule has 4 atom stereocenters. The molecule has 5 heteroatoms. The first kappa shape index (κ1) is 8.44. The Hall–Kier alpha value is 0.130. The SMILES string of the molecule is O=C1SC(=O)[C@]2(Br)[C@H]3CC[C@H](O3)[C@H]12. The maximum absolute atomic E-state index is 11.6. The minimum Gasteiger partial charge on any atom is -0.372 e. The van der Waals surface area contributed by atoms with Gasteiger partial charge >= 0.3 is 0 Å². The van der Waals surface area contributed by atoms with Gasteiger partial charge < -0.3 is 4.74 Å². The molecule has 0 amide bonds. The summed E-state index contributed by atoms with van der Waals surface area (Å²) in [7, 11) is 0. The number of fused-ring (bicyclic) bond motifs is 5. The van der Waals surface area contributed by atoms with Crippen LogP contribution in [0.1, 0.15) is 12.8 Å². The monoisotopic (exact) mass is 262 g/mol. The molecular formula is C8H7BrO3S. The van der Waals surface area contributed by atoms with E-state index >= 15 is 0 Å². The number of thioether (sulfide) groups is 1. The van der Waals surface area contributed by atoms with Crippen molar-refractivity contribution in [3.63, 3.8) is 0 Å². The molecule has 3 heterocycles. The Balaban J connectivity index is 2.12. The van der Waals surface area contributed by atoms with Crippen molar-refractivity contribution in [2.24, 2.45) is 5.92 Å². The maximum Gasteiger partial charge on any atom is 0.216 e. The lowest BCUT2D eigenvalue weighted by Gasteiger charge is -2.26. The number of hydrogen-bond donors (Lipinski definition) is 0. The molecule has 0 saturated carbocycles. The van der Waals surface area contributed by atoms with Crippen LogP contribution in [0.25, 0.3) is 0 Å². The molecule has 0 unspecified atom stereocenters. The fraction of sp³-hybridized carbons (Fsp3) is 0.750. The van der Waals surface area contributed by atoms with E-state index in [1.54, 1.807) is 0 Å². The number of carbonyl (C=O) groups excluding carboxylic acids is 2. The van der Waals surface area contributed by atoms with Gasteiger partial charge in [0.15, 0.2) is 0 Å². The van der Waals surface area contributed by atoms with Crippen LogP contribution in [0.2, 0.25) is 0 Å². The third-order valence-corrected chi connectivity index (χ3v) is 5.71. The predicted molar refractivity (Wildman–Crippen MR) is 50.6 cm³/mol. The summed E-state index contributed by atoms with van der Waals surface area (Å²) in [6, 6.07) is 0. The smallest absolute Gasteiger partial charge is 0.216 e. The van der Waals surface area contributed by atoms with Crippen LogP contribution in [0.4, 0.5) is 0 Å². The molecule has 0 aromatic heterocycles. The highest BCUT2D eigenvalue weighted by Gasteiger charge is 2.69. The molecule has 3 aliphatic heterocycles. The summed E-state index contributed by atoms with van der Waals surface area (Å²) in [5, 5.41) is -0.0798. The van der Waals surface area contributed by atoms with Crippen molar-refractivity contribution < 1.29 is 14.3 Å². The first-order valence-corrected chi connectivity index (χ1v) is 5.85. The van der Waals surface area contributed by atoms with Gasteiger partial charge in [-0.05, 0) is 24.6 Å². The molecule has 0 aromatic rings. The largest absolute Gasteiger partial charge is 0.372 e. The lowest BCUT2D eigenvalue weighted by molar-refractivity contribution is -0.117. The van der Waals surface area contributed by atoms with E-state index < -0.39 is 4.32 Å². The zero-order valence-electron chi connectivity index (χ0n) is 6.66. The fourth-order valence-corrected chi connectivity index (χ4v) is 4.80. The van der Waals surface area contributed by atoms with Crippen LogP contribution in [0.3, 0.4) is 0 Å². The normalized spacial score (nSPS) is 53.2. The van der Waals surface area contributed by atoms with Gasteiger partial charge in [-0.2, -0.15) is 0 Å². The number of rotatable bonds is 0. The van der Waals surface area contributed by atoms with Crippen molar-refractivity contribution in [3.05, 3.63) is 0 Å². The highest BCUT2D eigenvalue weighted by molar-refractivity contribution is 9.10. The van der Waals surface area contributed by atoms with Crippen molar-refractivity contribution in [2.45, 2.75) is 29.4 Å². The average molecular weight is 263 g/mol. The second-order valence-electron chi connectivity index (χ2n) is 3.69. The van der Waals surface area contributed by atoms with Gasteiger partial charge in [-0.15, -0.1) is 0 Å². The predicted octanol–water partition coefficient (Wildman–Crippen LogP) is 1.10. The van der Waals surface area contributed by atoms with Crippen LogP contribution < -0.4 is 0 Å². The Morgan fingerprint density at radius 3 is 2.92 bits per heavy atom. The van der Waals surface area contributed by atoms with Gasteiger partial charge in [0.2, 0.25) is 10.2 Å². The molecule has 3 saturated heterocycles. The third-order valence-electron chi connectivity index (χ3n) is 3.11. The molecule has 0 aromatic carbocycles. The van der Waals surface area contributed by atoms with Gasteiger partial charge in [0, 0.05) is 0 Å². The second-order valence-corrected chi connectivity index (χ2v) is 5.98. The first-order chi connectivity index (χ1) is 6.14. The summed E-state index contributed by atoms with van der Waals surface area (Å²) in [4.78, 5) is 23.1. The van der Waals surface area contributed by atoms with E-state index in [-0.39, 0.29) is 28.4 Å². The Kier molecular flexibility index (Phi) is 1.54. The van der Waals surface area contributed by atoms with E-state index in [1.165, 1.54) is 0 Å². The van der Waals surface area contributed by atoms with E-state index in [4.69, 9.17) is 4.74 Å². The molecule has 3 rings (SSSR count). The summed E-state index contributed by atoms with van der Waals surface area (Å²) in [5.74, 6) is -0.233. The number of ether oxygens (including phenoxy) is 1. The third kappa shape index (κ3) is 0.813. The molecule has 3 aliphatic rings. The van der Waals surface area contributed by atoms with Crippen molar-refractivity contribution in [3.8, 4) is 0 Å². The Morgan fingerprint density at radius 1 is 1.46 bits per heavy atom. The molecule has 13 heavy (non-hydrogen) atoms. The van der Waals surface area contributed by atoms with Crippen LogP contribution in [-0.4, -0.2) is 26.8 Å². The van der Waals surface area contributed by atoms with Gasteiger partial charge in [0.1, 0.15) is 4.32 Å². The van der Waals surface area contributed by atoms with Gasteiger partial charge in [-0.3, -0.25) is 9.59 Å². The molecule has 2 bridgehead atoms. The zero-order valence-corrected chi connectivity index (χ0v) is 9.06. The van der Waals surface area contributed by atoms with Crippen molar-refractivity contribution in [1.82, 2.24) is 0 Å². The van der Waals surface area contributed by atoms with Crippen molar-refractivity contribution in [2.75, 3.05) is 0 Å². The van der Waals surface area contributed by atoms with Crippen LogP contribution in [0, 0.1) is 5.92 Å². The second kappa shape index (κ2) is 2.38. The van der Waals surface area contributed by atoms with Crippen LogP contribution >= 0.6 is 27.7 Å². The van der Waals surface area contributed by atoms with E-state index in [0.29, 0.717) is 0 Å². The van der Waals surface area contributed by atoms with E-state index in [2.05, 4.69) is 15.9 Å². The number of alkyl halides is 1. The summed E-state index contributed by atoms with van der Waals surface area (Å²) >= 11 is 4.27. The first-order valence-electron chi connectivity index (χ1n) is 4.24. The molecule has 0 radical (unpaired) electrons. The highest BCUT2D eigenvalue weighted by Crippen LogP contribution is 2.58. The van der Waals surface area contributed by atoms with Crippen LogP contribution in [0.5, 0.6) is 0 Å². The van der Waals surface area contributed by atoms with Gasteiger partial charge in [-0.25, -0.2) is 0 Å². The topological polar surface area (TPSA) is 43.4 Å². The molecule has 0 N–H and O–H groups in total. The number of halogens is 1. The minimum atomic E-state index is -0.683. The highest BCUT2D eigenvalue weighted by atomic mass is 79.9. The van der Waals surface area contributed by atoms with Crippen LogP contribution in [0.15, 0.2) is 0 Å². The Morgan fingerprint density at radius 2 is 2.23 bits per heavy atom. The minimum absolute atomic E-state index is 0.0178. The quantitative estimate of drug-likeness (QED) is 0.614.